The predicted octanol–water partition coefficient (Wildman–Crippen LogP) is 5.41. The minimum atomic E-state index is -3.35. The van der Waals surface area contributed by atoms with Crippen LogP contribution in [0.1, 0.15) is 10.4 Å². The molecule has 1 amide bonds. The monoisotopic (exact) mass is 470 g/mol. The van der Waals surface area contributed by atoms with Gasteiger partial charge in [0.05, 0.1) is 15.5 Å². The molecule has 0 radical (unpaired) electrons. The molecule has 0 atom stereocenters. The number of carbonyl (C=O) groups excluding carboxylic acids is 1. The van der Waals surface area contributed by atoms with Crippen molar-refractivity contribution < 1.29 is 22.0 Å². The number of hydrogen-bond acceptors (Lipinski definition) is 5. The van der Waals surface area contributed by atoms with Gasteiger partial charge in [-0.2, -0.15) is 0 Å². The van der Waals surface area contributed by atoms with Gasteiger partial charge in [-0.05, 0) is 66.2 Å². The number of carbonyl (C=O) groups is 1. The van der Waals surface area contributed by atoms with E-state index in [4.69, 9.17) is 0 Å². The van der Waals surface area contributed by atoms with E-state index in [1.54, 1.807) is 24.3 Å². The molecule has 1 N–H and O–H groups in total. The van der Waals surface area contributed by atoms with Crippen molar-refractivity contribution in [2.45, 2.75) is 4.90 Å². The van der Waals surface area contributed by atoms with Crippen molar-refractivity contribution in [2.75, 3.05) is 11.6 Å². The van der Waals surface area contributed by atoms with Crippen LogP contribution in [0.2, 0.25) is 0 Å². The zero-order valence-electron chi connectivity index (χ0n) is 16.7. The molecule has 0 bridgehead atoms. The van der Waals surface area contributed by atoms with Crippen molar-refractivity contribution in [3.05, 3.63) is 90.0 Å². The van der Waals surface area contributed by atoms with E-state index >= 15 is 0 Å². The molecule has 0 aliphatic carbocycles. The molecule has 9 heteroatoms. The lowest BCUT2D eigenvalue weighted by atomic mass is 10.1. The second kappa shape index (κ2) is 8.60. The Bertz CT molecular complexity index is 1380. The molecule has 0 saturated carbocycles. The quantitative estimate of drug-likeness (QED) is 0.423. The van der Waals surface area contributed by atoms with Crippen LogP contribution in [-0.2, 0) is 9.84 Å². The van der Waals surface area contributed by atoms with E-state index < -0.39 is 27.4 Å². The van der Waals surface area contributed by atoms with Crippen LogP contribution in [0.5, 0.6) is 0 Å². The number of nitrogens with one attached hydrogen (secondary N) is 1. The maximum absolute atomic E-state index is 13.4. The molecular weight excluding hydrogens is 454 g/mol. The van der Waals surface area contributed by atoms with E-state index in [2.05, 4.69) is 10.3 Å². The van der Waals surface area contributed by atoms with Gasteiger partial charge in [0, 0.05) is 17.4 Å². The number of thiazole rings is 1. The molecule has 3 aromatic carbocycles. The number of amides is 1. The Balaban J connectivity index is 1.74. The van der Waals surface area contributed by atoms with E-state index in [1.807, 2.05) is 0 Å². The first-order chi connectivity index (χ1) is 15.2. The predicted molar refractivity (Wildman–Crippen MR) is 120 cm³/mol. The standard InChI is InChI=1S/C23H16F2N2O3S2/c1-32(29,30)19-12-6-15(7-13-19)21-20(14-2-8-17(24)9-3-14)26-23(31-21)27-22(28)16-4-10-18(25)11-5-16/h2-13H,1H3,(H,26,27,28). The van der Waals surface area contributed by atoms with Crippen LogP contribution in [-0.4, -0.2) is 25.6 Å². The van der Waals surface area contributed by atoms with Crippen LogP contribution in [0.15, 0.2) is 77.7 Å². The van der Waals surface area contributed by atoms with Gasteiger partial charge in [-0.25, -0.2) is 22.2 Å². The van der Waals surface area contributed by atoms with Gasteiger partial charge in [0.1, 0.15) is 11.6 Å². The minimum Gasteiger partial charge on any atom is -0.298 e. The number of nitrogens with zero attached hydrogens (tertiary/aromatic N) is 1. The highest BCUT2D eigenvalue weighted by Gasteiger charge is 2.18. The molecule has 4 aromatic rings. The first kappa shape index (κ1) is 21.8. The largest absolute Gasteiger partial charge is 0.298 e. The number of rotatable bonds is 5. The van der Waals surface area contributed by atoms with E-state index in [0.717, 1.165) is 6.26 Å². The normalized spacial score (nSPS) is 11.3. The smallest absolute Gasteiger partial charge is 0.257 e. The van der Waals surface area contributed by atoms with E-state index in [9.17, 15) is 22.0 Å². The van der Waals surface area contributed by atoms with Crippen molar-refractivity contribution in [1.29, 1.82) is 0 Å². The number of hydrogen-bond donors (Lipinski definition) is 1. The topological polar surface area (TPSA) is 76.1 Å². The highest BCUT2D eigenvalue weighted by Crippen LogP contribution is 2.39. The fourth-order valence-corrected chi connectivity index (χ4v) is 4.62. The van der Waals surface area contributed by atoms with Crippen molar-refractivity contribution in [3.8, 4) is 21.7 Å². The Kier molecular flexibility index (Phi) is 5.86. The zero-order valence-corrected chi connectivity index (χ0v) is 18.3. The van der Waals surface area contributed by atoms with Crippen molar-refractivity contribution >= 4 is 32.2 Å². The van der Waals surface area contributed by atoms with E-state index in [1.165, 1.54) is 59.9 Å². The van der Waals surface area contributed by atoms with Crippen LogP contribution in [0, 0.1) is 11.6 Å². The second-order valence-corrected chi connectivity index (χ2v) is 9.98. The summed E-state index contributed by atoms with van der Waals surface area (Å²) in [6, 6.07) is 17.2. The summed E-state index contributed by atoms with van der Waals surface area (Å²) in [5.41, 5.74) is 2.10. The Labute approximate surface area is 187 Å². The van der Waals surface area contributed by atoms with Crippen molar-refractivity contribution in [3.63, 3.8) is 0 Å². The number of benzene rings is 3. The van der Waals surface area contributed by atoms with Gasteiger partial charge in [-0.15, -0.1) is 0 Å². The summed E-state index contributed by atoms with van der Waals surface area (Å²) in [6.07, 6.45) is 1.13. The molecule has 1 aromatic heterocycles. The van der Waals surface area contributed by atoms with Gasteiger partial charge < -0.3 is 0 Å². The van der Waals surface area contributed by atoms with Crippen LogP contribution < -0.4 is 5.32 Å². The molecule has 0 unspecified atom stereocenters. The lowest BCUT2D eigenvalue weighted by molar-refractivity contribution is 0.102. The molecule has 162 valence electrons. The number of halogens is 2. The highest BCUT2D eigenvalue weighted by molar-refractivity contribution is 7.90. The third-order valence-corrected chi connectivity index (χ3v) is 6.76. The number of anilines is 1. The SMILES string of the molecule is CS(=O)(=O)c1ccc(-c2sc(NC(=O)c3ccc(F)cc3)nc2-c2ccc(F)cc2)cc1. The maximum atomic E-state index is 13.4. The minimum absolute atomic E-state index is 0.180. The van der Waals surface area contributed by atoms with Gasteiger partial charge in [-0.1, -0.05) is 23.5 Å². The molecule has 1 heterocycles. The zero-order chi connectivity index (χ0) is 22.9. The molecule has 4 rings (SSSR count). The molecule has 0 aliphatic rings. The van der Waals surface area contributed by atoms with Gasteiger partial charge in [0.2, 0.25) is 0 Å². The average molecular weight is 471 g/mol. The van der Waals surface area contributed by atoms with Gasteiger partial charge in [0.15, 0.2) is 15.0 Å². The Morgan fingerprint density at radius 2 is 1.38 bits per heavy atom. The molecule has 0 saturated heterocycles. The number of aromatic nitrogens is 1. The lowest BCUT2D eigenvalue weighted by Gasteiger charge is -2.04. The van der Waals surface area contributed by atoms with Crippen molar-refractivity contribution in [1.82, 2.24) is 4.98 Å². The summed E-state index contributed by atoms with van der Waals surface area (Å²) in [6.45, 7) is 0. The van der Waals surface area contributed by atoms with Crippen molar-refractivity contribution in [2.24, 2.45) is 0 Å². The fourth-order valence-electron chi connectivity index (χ4n) is 3.00. The Morgan fingerprint density at radius 1 is 0.844 bits per heavy atom. The molecule has 32 heavy (non-hydrogen) atoms. The van der Waals surface area contributed by atoms with Gasteiger partial charge in [-0.3, -0.25) is 10.1 Å². The summed E-state index contributed by atoms with van der Waals surface area (Å²) in [5.74, 6) is -1.30. The first-order valence-corrected chi connectivity index (χ1v) is 12.1. The molecular formula is C23H16F2N2O3S2. The molecule has 5 nitrogen and oxygen atoms in total. The Hall–Kier alpha value is -3.43. The summed E-state index contributed by atoms with van der Waals surface area (Å²) >= 11 is 1.19. The van der Waals surface area contributed by atoms with Gasteiger partial charge in [0.25, 0.3) is 5.91 Å². The molecule has 0 fully saturated rings. The highest BCUT2D eigenvalue weighted by atomic mass is 32.2. The summed E-state index contributed by atoms with van der Waals surface area (Å²) in [4.78, 5) is 17.9. The third kappa shape index (κ3) is 4.74. The van der Waals surface area contributed by atoms with Gasteiger partial charge >= 0.3 is 0 Å². The van der Waals surface area contributed by atoms with E-state index in [-0.39, 0.29) is 10.5 Å². The summed E-state index contributed by atoms with van der Waals surface area (Å²) < 4.78 is 50.1. The molecule has 0 spiro atoms. The van der Waals surface area contributed by atoms with Crippen LogP contribution in [0.25, 0.3) is 21.7 Å². The third-order valence-electron chi connectivity index (χ3n) is 4.62. The first-order valence-electron chi connectivity index (χ1n) is 9.35. The summed E-state index contributed by atoms with van der Waals surface area (Å²) in [7, 11) is -3.35. The number of sulfone groups is 1. The second-order valence-electron chi connectivity index (χ2n) is 6.96. The average Bonchev–Trinajstić information content (AvgIpc) is 3.18. The van der Waals surface area contributed by atoms with Crippen LogP contribution >= 0.6 is 11.3 Å². The van der Waals surface area contributed by atoms with Crippen LogP contribution in [0.3, 0.4) is 0 Å². The van der Waals surface area contributed by atoms with Crippen LogP contribution in [0.4, 0.5) is 13.9 Å². The molecule has 0 aliphatic heterocycles. The Morgan fingerprint density at radius 3 is 1.94 bits per heavy atom. The fraction of sp³-hybridized carbons (Fsp3) is 0.0435. The lowest BCUT2D eigenvalue weighted by Crippen LogP contribution is -2.11. The summed E-state index contributed by atoms with van der Waals surface area (Å²) in [5, 5.41) is 2.99. The maximum Gasteiger partial charge on any atom is 0.257 e. The van der Waals surface area contributed by atoms with E-state index in [0.29, 0.717) is 26.8 Å².